The van der Waals surface area contributed by atoms with Gasteiger partial charge in [-0.1, -0.05) is 58.9 Å². The average molecular weight is 391 g/mol. The first-order chi connectivity index (χ1) is 13.4. The first kappa shape index (κ1) is 20.5. The first-order valence-corrected chi connectivity index (χ1v) is 11.0. The van der Waals surface area contributed by atoms with Crippen molar-refractivity contribution in [2.24, 2.45) is 4.99 Å². The van der Waals surface area contributed by atoms with E-state index < -0.39 is 0 Å². The van der Waals surface area contributed by atoms with E-state index in [4.69, 9.17) is 9.98 Å². The second kappa shape index (κ2) is 8.83. The van der Waals surface area contributed by atoms with Crippen molar-refractivity contribution in [3.63, 3.8) is 0 Å². The molecule has 3 heteroatoms. The SMILES string of the molecule is CCc1ccc(-c2cccc(C(C)=Nc3c(C(C)C)cccc3C(C)C)n2)s1. The minimum absolute atomic E-state index is 0.433. The lowest BCUT2D eigenvalue weighted by molar-refractivity contribution is 0.834. The van der Waals surface area contributed by atoms with Gasteiger partial charge >= 0.3 is 0 Å². The molecule has 2 nitrogen and oxygen atoms in total. The van der Waals surface area contributed by atoms with Crippen LogP contribution in [0.1, 0.15) is 75.1 Å². The average Bonchev–Trinajstić information content (AvgIpc) is 3.17. The van der Waals surface area contributed by atoms with E-state index in [0.29, 0.717) is 11.8 Å². The van der Waals surface area contributed by atoms with Crippen molar-refractivity contribution < 1.29 is 0 Å². The summed E-state index contributed by atoms with van der Waals surface area (Å²) < 4.78 is 0. The predicted octanol–water partition coefficient (Wildman–Crippen LogP) is 7.76. The molecule has 1 aromatic carbocycles. The topological polar surface area (TPSA) is 25.2 Å². The summed E-state index contributed by atoms with van der Waals surface area (Å²) in [7, 11) is 0. The lowest BCUT2D eigenvalue weighted by Gasteiger charge is -2.17. The Morgan fingerprint density at radius 1 is 0.929 bits per heavy atom. The Bertz CT molecular complexity index is 953. The van der Waals surface area contributed by atoms with Gasteiger partial charge in [0.25, 0.3) is 0 Å². The fourth-order valence-corrected chi connectivity index (χ4v) is 4.26. The number of aryl methyl sites for hydroxylation is 1. The van der Waals surface area contributed by atoms with Gasteiger partial charge in [0.05, 0.1) is 27.7 Å². The molecule has 0 fully saturated rings. The van der Waals surface area contributed by atoms with Gasteiger partial charge in [0, 0.05) is 4.88 Å². The largest absolute Gasteiger partial charge is 0.251 e. The number of aromatic nitrogens is 1. The molecule has 0 amide bonds. The van der Waals surface area contributed by atoms with E-state index in [-0.39, 0.29) is 0 Å². The monoisotopic (exact) mass is 390 g/mol. The van der Waals surface area contributed by atoms with Gasteiger partial charge in [-0.25, -0.2) is 4.98 Å². The lowest BCUT2D eigenvalue weighted by atomic mass is 9.93. The van der Waals surface area contributed by atoms with Crippen molar-refractivity contribution in [1.82, 2.24) is 4.98 Å². The second-order valence-corrected chi connectivity index (χ2v) is 8.99. The van der Waals surface area contributed by atoms with Crippen LogP contribution in [0.3, 0.4) is 0 Å². The predicted molar refractivity (Wildman–Crippen MR) is 123 cm³/mol. The summed E-state index contributed by atoms with van der Waals surface area (Å²) in [5.41, 5.74) is 6.64. The van der Waals surface area contributed by atoms with Crippen molar-refractivity contribution in [2.45, 2.75) is 59.8 Å². The molecule has 0 aliphatic heterocycles. The molecule has 0 unspecified atom stereocenters. The molecule has 0 bridgehead atoms. The van der Waals surface area contributed by atoms with Gasteiger partial charge in [-0.3, -0.25) is 4.99 Å². The normalized spacial score (nSPS) is 12.2. The van der Waals surface area contributed by atoms with Gasteiger partial charge in [-0.2, -0.15) is 0 Å². The van der Waals surface area contributed by atoms with Gasteiger partial charge in [-0.15, -0.1) is 11.3 Å². The van der Waals surface area contributed by atoms with Crippen LogP contribution in [0.5, 0.6) is 0 Å². The van der Waals surface area contributed by atoms with E-state index in [1.807, 2.05) is 11.3 Å². The Kier molecular flexibility index (Phi) is 6.46. The standard InChI is InChI=1S/C25H30N2S/c1-7-19-14-15-24(28-19)23-13-9-12-22(27-23)18(6)26-25-20(16(2)3)10-8-11-21(25)17(4)5/h8-17H,7H2,1-6H3. The third-order valence-corrected chi connectivity index (χ3v) is 6.26. The van der Waals surface area contributed by atoms with Crippen molar-refractivity contribution in [1.29, 1.82) is 0 Å². The molecule has 0 saturated carbocycles. The van der Waals surface area contributed by atoms with Gasteiger partial charge in [0.1, 0.15) is 0 Å². The molecular formula is C25H30N2S. The van der Waals surface area contributed by atoms with E-state index in [2.05, 4.69) is 90.1 Å². The molecule has 0 aliphatic carbocycles. The molecule has 0 spiro atoms. The Balaban J connectivity index is 2.04. The summed E-state index contributed by atoms with van der Waals surface area (Å²) in [5.74, 6) is 0.867. The molecule has 2 heterocycles. The number of pyridine rings is 1. The van der Waals surface area contributed by atoms with Gasteiger partial charge in [-0.05, 0) is 60.6 Å². The minimum atomic E-state index is 0.433. The Morgan fingerprint density at radius 2 is 1.57 bits per heavy atom. The first-order valence-electron chi connectivity index (χ1n) is 10.1. The maximum atomic E-state index is 5.09. The quantitative estimate of drug-likeness (QED) is 0.395. The Labute approximate surface area is 173 Å². The van der Waals surface area contributed by atoms with E-state index in [1.54, 1.807) is 0 Å². The zero-order valence-corrected chi connectivity index (χ0v) is 18.6. The number of thiophene rings is 1. The summed E-state index contributed by atoms with van der Waals surface area (Å²) in [4.78, 5) is 12.6. The van der Waals surface area contributed by atoms with Crippen molar-refractivity contribution >= 4 is 22.7 Å². The maximum Gasteiger partial charge on any atom is 0.0849 e. The van der Waals surface area contributed by atoms with Crippen molar-refractivity contribution in [2.75, 3.05) is 0 Å². The van der Waals surface area contributed by atoms with Crippen LogP contribution in [0.2, 0.25) is 0 Å². The van der Waals surface area contributed by atoms with E-state index in [0.717, 1.165) is 29.2 Å². The third-order valence-electron chi connectivity index (χ3n) is 5.00. The molecular weight excluding hydrogens is 360 g/mol. The third kappa shape index (κ3) is 4.41. The molecule has 0 aliphatic rings. The van der Waals surface area contributed by atoms with Crippen LogP contribution in [0.25, 0.3) is 10.6 Å². The van der Waals surface area contributed by atoms with Crippen LogP contribution in [-0.4, -0.2) is 10.7 Å². The summed E-state index contributed by atoms with van der Waals surface area (Å²) in [5, 5.41) is 0. The molecule has 0 atom stereocenters. The van der Waals surface area contributed by atoms with Gasteiger partial charge in [0.15, 0.2) is 0 Å². The molecule has 0 radical (unpaired) electrons. The highest BCUT2D eigenvalue weighted by Gasteiger charge is 2.14. The van der Waals surface area contributed by atoms with E-state index in [1.165, 1.54) is 20.9 Å². The van der Waals surface area contributed by atoms with E-state index >= 15 is 0 Å². The molecule has 2 aromatic heterocycles. The number of rotatable bonds is 6. The number of hydrogen-bond donors (Lipinski definition) is 0. The highest BCUT2D eigenvalue weighted by molar-refractivity contribution is 7.15. The lowest BCUT2D eigenvalue weighted by Crippen LogP contribution is -2.01. The van der Waals surface area contributed by atoms with Crippen molar-refractivity contribution in [3.8, 4) is 10.6 Å². The zero-order chi connectivity index (χ0) is 20.3. The molecule has 28 heavy (non-hydrogen) atoms. The Morgan fingerprint density at radius 3 is 2.14 bits per heavy atom. The number of para-hydroxylation sites is 1. The summed E-state index contributed by atoms with van der Waals surface area (Å²) in [6.07, 6.45) is 1.06. The summed E-state index contributed by atoms with van der Waals surface area (Å²) in [6, 6.07) is 17.2. The summed E-state index contributed by atoms with van der Waals surface area (Å²) in [6.45, 7) is 13.2. The molecule has 3 aromatic rings. The fraction of sp³-hybridized carbons (Fsp3) is 0.360. The molecule has 0 saturated heterocycles. The number of nitrogens with zero attached hydrogens (tertiary/aromatic N) is 2. The highest BCUT2D eigenvalue weighted by Crippen LogP contribution is 2.35. The second-order valence-electron chi connectivity index (χ2n) is 7.82. The zero-order valence-electron chi connectivity index (χ0n) is 17.8. The molecule has 0 N–H and O–H groups in total. The van der Waals surface area contributed by atoms with E-state index in [9.17, 15) is 0 Å². The number of hydrogen-bond acceptors (Lipinski definition) is 3. The number of aliphatic imine (C=N–C) groups is 1. The van der Waals surface area contributed by atoms with Crippen LogP contribution in [-0.2, 0) is 6.42 Å². The fourth-order valence-electron chi connectivity index (χ4n) is 3.34. The van der Waals surface area contributed by atoms with Crippen LogP contribution in [0.15, 0.2) is 53.5 Å². The maximum absolute atomic E-state index is 5.09. The molecule has 146 valence electrons. The Hall–Kier alpha value is -2.26. The van der Waals surface area contributed by atoms with Gasteiger partial charge < -0.3 is 0 Å². The van der Waals surface area contributed by atoms with Crippen LogP contribution >= 0.6 is 11.3 Å². The molecule has 3 rings (SSSR count). The van der Waals surface area contributed by atoms with Crippen LogP contribution in [0, 0.1) is 0 Å². The van der Waals surface area contributed by atoms with Crippen molar-refractivity contribution in [3.05, 3.63) is 70.2 Å². The summed E-state index contributed by atoms with van der Waals surface area (Å²) >= 11 is 1.82. The minimum Gasteiger partial charge on any atom is -0.251 e. The van der Waals surface area contributed by atoms with Gasteiger partial charge in [0.2, 0.25) is 0 Å². The highest BCUT2D eigenvalue weighted by atomic mass is 32.1. The smallest absolute Gasteiger partial charge is 0.0849 e. The van der Waals surface area contributed by atoms with Crippen LogP contribution in [0.4, 0.5) is 5.69 Å². The number of benzene rings is 1. The van der Waals surface area contributed by atoms with Crippen LogP contribution < -0.4 is 0 Å².